The highest BCUT2D eigenvalue weighted by Gasteiger charge is 2.18. The van der Waals surface area contributed by atoms with Crippen molar-refractivity contribution in [2.45, 2.75) is 6.42 Å². The smallest absolute Gasteiger partial charge is 0.145 e. The molecule has 0 aliphatic heterocycles. The molecule has 0 unspecified atom stereocenters. The highest BCUT2D eigenvalue weighted by Crippen LogP contribution is 2.35. The van der Waals surface area contributed by atoms with Crippen molar-refractivity contribution in [3.63, 3.8) is 0 Å². The average molecular weight is 567 g/mol. The standard InChI is InChI=1S/C40H30N4/c1-43-37-24-23-29(27-35(37)42-39(43)31-16-6-3-7-17-31)25-28-13-12-18-32(26-28)40-41-34-20-9-11-22-38(34)44(40)36-21-10-8-19-33(36)30-14-4-2-5-15-30/h2-24,26-27H,25H2,1H3. The van der Waals surface area contributed by atoms with Crippen LogP contribution < -0.4 is 0 Å². The van der Waals surface area contributed by atoms with Crippen molar-refractivity contribution in [1.82, 2.24) is 19.1 Å². The van der Waals surface area contributed by atoms with Gasteiger partial charge in [-0.2, -0.15) is 0 Å². The minimum Gasteiger partial charge on any atom is -0.327 e. The molecule has 2 aromatic heterocycles. The Morgan fingerprint density at radius 3 is 1.98 bits per heavy atom. The number of hydrogen-bond acceptors (Lipinski definition) is 2. The van der Waals surface area contributed by atoms with Crippen LogP contribution in [-0.2, 0) is 13.5 Å². The number of nitrogens with zero attached hydrogens (tertiary/aromatic N) is 4. The maximum absolute atomic E-state index is 5.17. The summed E-state index contributed by atoms with van der Waals surface area (Å²) in [6, 6.07) is 53.3. The first-order chi connectivity index (χ1) is 21.7. The predicted octanol–water partition coefficient (Wildman–Crippen LogP) is 9.50. The number of aryl methyl sites for hydroxylation is 1. The molecule has 0 fully saturated rings. The van der Waals surface area contributed by atoms with Crippen molar-refractivity contribution < 1.29 is 0 Å². The summed E-state index contributed by atoms with van der Waals surface area (Å²) in [4.78, 5) is 10.2. The number of para-hydroxylation sites is 3. The normalized spacial score (nSPS) is 11.4. The Morgan fingerprint density at radius 2 is 1.14 bits per heavy atom. The minimum atomic E-state index is 0.807. The first-order valence-electron chi connectivity index (χ1n) is 15.0. The highest BCUT2D eigenvalue weighted by molar-refractivity contribution is 5.87. The number of benzene rings is 6. The van der Waals surface area contributed by atoms with Crippen molar-refractivity contribution in [3.8, 4) is 39.6 Å². The molecule has 4 nitrogen and oxygen atoms in total. The summed E-state index contributed by atoms with van der Waals surface area (Å²) in [6.45, 7) is 0. The largest absolute Gasteiger partial charge is 0.327 e. The molecule has 2 heterocycles. The Hall–Kier alpha value is -5.74. The summed E-state index contributed by atoms with van der Waals surface area (Å²) in [5.41, 5.74) is 12.4. The lowest BCUT2D eigenvalue weighted by Gasteiger charge is -2.15. The van der Waals surface area contributed by atoms with Crippen molar-refractivity contribution in [2.24, 2.45) is 7.05 Å². The van der Waals surface area contributed by atoms with Gasteiger partial charge in [-0.15, -0.1) is 0 Å². The van der Waals surface area contributed by atoms with Crippen LogP contribution in [0.2, 0.25) is 0 Å². The first-order valence-corrected chi connectivity index (χ1v) is 15.0. The summed E-state index contributed by atoms with van der Waals surface area (Å²) in [6.07, 6.45) is 0.807. The van der Waals surface area contributed by atoms with Gasteiger partial charge in [-0.25, -0.2) is 9.97 Å². The van der Waals surface area contributed by atoms with Gasteiger partial charge in [-0.05, 0) is 59.5 Å². The zero-order valence-electron chi connectivity index (χ0n) is 24.4. The second-order valence-corrected chi connectivity index (χ2v) is 11.2. The van der Waals surface area contributed by atoms with E-state index in [4.69, 9.17) is 9.97 Å². The van der Waals surface area contributed by atoms with Crippen molar-refractivity contribution in [2.75, 3.05) is 0 Å². The third-order valence-electron chi connectivity index (χ3n) is 8.36. The molecule has 8 aromatic rings. The lowest BCUT2D eigenvalue weighted by molar-refractivity contribution is 0.959. The summed E-state index contributed by atoms with van der Waals surface area (Å²) < 4.78 is 4.48. The van der Waals surface area contributed by atoms with E-state index in [2.05, 4.69) is 162 Å². The lowest BCUT2D eigenvalue weighted by atomic mass is 10.0. The third-order valence-corrected chi connectivity index (χ3v) is 8.36. The maximum Gasteiger partial charge on any atom is 0.145 e. The van der Waals surface area contributed by atoms with Gasteiger partial charge in [0.2, 0.25) is 0 Å². The average Bonchev–Trinajstić information content (AvgIpc) is 3.63. The number of fused-ring (bicyclic) bond motifs is 2. The molecule has 8 rings (SSSR count). The van der Waals surface area contributed by atoms with Gasteiger partial charge in [0, 0.05) is 23.7 Å². The Morgan fingerprint density at radius 1 is 0.477 bits per heavy atom. The third kappa shape index (κ3) is 4.58. The molecule has 0 N–H and O–H groups in total. The van der Waals surface area contributed by atoms with Crippen LogP contribution in [0.5, 0.6) is 0 Å². The number of hydrogen-bond donors (Lipinski definition) is 0. The summed E-state index contributed by atoms with van der Waals surface area (Å²) >= 11 is 0. The molecule has 0 aliphatic rings. The molecule has 0 aliphatic carbocycles. The zero-order chi connectivity index (χ0) is 29.5. The first kappa shape index (κ1) is 25.9. The fraction of sp³-hybridized carbons (Fsp3) is 0.0500. The second-order valence-electron chi connectivity index (χ2n) is 11.2. The van der Waals surface area contributed by atoms with Crippen LogP contribution in [0.4, 0.5) is 0 Å². The fourth-order valence-corrected chi connectivity index (χ4v) is 6.25. The van der Waals surface area contributed by atoms with Crippen molar-refractivity contribution in [3.05, 3.63) is 163 Å². The van der Waals surface area contributed by atoms with E-state index in [1.165, 1.54) is 22.3 Å². The molecule has 0 bridgehead atoms. The van der Waals surface area contributed by atoms with Gasteiger partial charge in [0.15, 0.2) is 0 Å². The van der Waals surface area contributed by atoms with Crippen LogP contribution in [0.1, 0.15) is 11.1 Å². The molecule has 0 radical (unpaired) electrons. The van der Waals surface area contributed by atoms with Crippen molar-refractivity contribution in [1.29, 1.82) is 0 Å². The van der Waals surface area contributed by atoms with E-state index in [1.807, 2.05) is 6.07 Å². The molecular formula is C40H30N4. The summed E-state index contributed by atoms with van der Waals surface area (Å²) in [5.74, 6) is 1.92. The van der Waals surface area contributed by atoms with Crippen LogP contribution in [0.15, 0.2) is 152 Å². The van der Waals surface area contributed by atoms with E-state index in [0.29, 0.717) is 0 Å². The molecule has 0 saturated heterocycles. The Balaban J connectivity index is 1.20. The second kappa shape index (κ2) is 10.8. The predicted molar refractivity (Wildman–Crippen MR) is 181 cm³/mol. The van der Waals surface area contributed by atoms with Crippen LogP contribution >= 0.6 is 0 Å². The topological polar surface area (TPSA) is 35.6 Å². The Kier molecular flexibility index (Phi) is 6.38. The summed E-state index contributed by atoms with van der Waals surface area (Å²) in [7, 11) is 2.09. The van der Waals surface area contributed by atoms with E-state index in [0.717, 1.165) is 57.0 Å². The molecule has 0 atom stereocenters. The maximum atomic E-state index is 5.17. The van der Waals surface area contributed by atoms with Gasteiger partial charge in [-0.3, -0.25) is 4.57 Å². The van der Waals surface area contributed by atoms with Gasteiger partial charge < -0.3 is 4.57 Å². The minimum absolute atomic E-state index is 0.807. The van der Waals surface area contributed by atoms with Crippen LogP contribution in [0, 0.1) is 0 Å². The number of aromatic nitrogens is 4. The number of imidazole rings is 2. The van der Waals surface area contributed by atoms with Crippen LogP contribution in [-0.4, -0.2) is 19.1 Å². The zero-order valence-corrected chi connectivity index (χ0v) is 24.4. The Bertz CT molecular complexity index is 2260. The quantitative estimate of drug-likeness (QED) is 0.201. The monoisotopic (exact) mass is 566 g/mol. The SMILES string of the molecule is Cn1c(-c2ccccc2)nc2cc(Cc3cccc(-c4nc5ccccc5n4-c4ccccc4-c4ccccc4)c3)ccc21. The Labute approximate surface area is 256 Å². The lowest BCUT2D eigenvalue weighted by Crippen LogP contribution is -2.00. The van der Waals surface area contributed by atoms with Gasteiger partial charge in [0.1, 0.15) is 11.6 Å². The van der Waals surface area contributed by atoms with Gasteiger partial charge in [-0.1, -0.05) is 115 Å². The molecule has 4 heteroatoms. The van der Waals surface area contributed by atoms with E-state index >= 15 is 0 Å². The molecule has 44 heavy (non-hydrogen) atoms. The molecule has 0 amide bonds. The van der Waals surface area contributed by atoms with Crippen LogP contribution in [0.25, 0.3) is 61.7 Å². The molecule has 0 saturated carbocycles. The molecule has 6 aromatic carbocycles. The fourth-order valence-electron chi connectivity index (χ4n) is 6.25. The highest BCUT2D eigenvalue weighted by atomic mass is 15.1. The van der Waals surface area contributed by atoms with E-state index in [1.54, 1.807) is 0 Å². The van der Waals surface area contributed by atoms with E-state index in [-0.39, 0.29) is 0 Å². The molecule has 0 spiro atoms. The molecule has 210 valence electrons. The van der Waals surface area contributed by atoms with Crippen molar-refractivity contribution >= 4 is 22.1 Å². The van der Waals surface area contributed by atoms with Gasteiger partial charge in [0.05, 0.1) is 27.8 Å². The molecular weight excluding hydrogens is 536 g/mol. The number of rotatable bonds is 6. The van der Waals surface area contributed by atoms with Gasteiger partial charge in [0.25, 0.3) is 0 Å². The summed E-state index contributed by atoms with van der Waals surface area (Å²) in [5, 5.41) is 0. The van der Waals surface area contributed by atoms with E-state index in [9.17, 15) is 0 Å². The van der Waals surface area contributed by atoms with Gasteiger partial charge >= 0.3 is 0 Å². The van der Waals surface area contributed by atoms with Crippen LogP contribution in [0.3, 0.4) is 0 Å². The van der Waals surface area contributed by atoms with E-state index < -0.39 is 0 Å².